The fourth-order valence-corrected chi connectivity index (χ4v) is 2.98. The molecular formula is C17H29N3O4S. The predicted octanol–water partition coefficient (Wildman–Crippen LogP) is 4.45. The Morgan fingerprint density at radius 3 is 2.28 bits per heavy atom. The molecule has 0 spiro atoms. The zero-order chi connectivity index (χ0) is 18.7. The smallest absolute Gasteiger partial charge is 0.344 e. The number of carboxylic acids is 1. The standard InChI is InChI=1S/C17H29N3O4S/c1-4-5-6-7-8-9-10-11-12-24-14-13(16(21)22)15(25-19-14)18-17(23)20(2)3/h4-12H2,1-3H3,(H,18,23)(H,21,22). The number of aromatic nitrogens is 1. The molecule has 0 saturated heterocycles. The van der Waals surface area contributed by atoms with Crippen molar-refractivity contribution in [3.05, 3.63) is 5.56 Å². The zero-order valence-corrected chi connectivity index (χ0v) is 16.2. The summed E-state index contributed by atoms with van der Waals surface area (Å²) in [4.78, 5) is 24.4. The maximum atomic E-state index is 11.7. The molecule has 1 rings (SSSR count). The molecule has 1 aromatic heterocycles. The number of carboxylic acid groups (broad SMARTS) is 1. The van der Waals surface area contributed by atoms with E-state index >= 15 is 0 Å². The first-order valence-corrected chi connectivity index (χ1v) is 9.58. The second kappa shape index (κ2) is 11.7. The highest BCUT2D eigenvalue weighted by Crippen LogP contribution is 2.31. The lowest BCUT2D eigenvalue weighted by atomic mass is 10.1. The summed E-state index contributed by atoms with van der Waals surface area (Å²) in [6.45, 7) is 2.64. The second-order valence-electron chi connectivity index (χ2n) is 6.14. The van der Waals surface area contributed by atoms with E-state index in [4.69, 9.17) is 4.74 Å². The van der Waals surface area contributed by atoms with Gasteiger partial charge in [-0.1, -0.05) is 51.9 Å². The van der Waals surface area contributed by atoms with E-state index < -0.39 is 12.0 Å². The molecule has 0 aliphatic carbocycles. The van der Waals surface area contributed by atoms with Crippen LogP contribution in [0.3, 0.4) is 0 Å². The van der Waals surface area contributed by atoms with Gasteiger partial charge in [0.1, 0.15) is 5.00 Å². The van der Waals surface area contributed by atoms with Gasteiger partial charge >= 0.3 is 12.0 Å². The Morgan fingerprint density at radius 1 is 1.12 bits per heavy atom. The largest absolute Gasteiger partial charge is 0.477 e. The Morgan fingerprint density at radius 2 is 1.72 bits per heavy atom. The van der Waals surface area contributed by atoms with Crippen molar-refractivity contribution in [2.45, 2.75) is 58.3 Å². The SMILES string of the molecule is CCCCCCCCCCOc1nsc(NC(=O)N(C)C)c1C(=O)O. The highest BCUT2D eigenvalue weighted by molar-refractivity contribution is 7.11. The number of carbonyl (C=O) groups is 2. The molecule has 0 unspecified atom stereocenters. The van der Waals surface area contributed by atoms with Crippen LogP contribution >= 0.6 is 11.5 Å². The number of carbonyl (C=O) groups excluding carboxylic acids is 1. The monoisotopic (exact) mass is 371 g/mol. The highest BCUT2D eigenvalue weighted by Gasteiger charge is 2.23. The van der Waals surface area contributed by atoms with Gasteiger partial charge in [-0.05, 0) is 18.0 Å². The lowest BCUT2D eigenvalue weighted by molar-refractivity contribution is 0.0693. The van der Waals surface area contributed by atoms with Gasteiger partial charge in [-0.3, -0.25) is 5.32 Å². The first-order chi connectivity index (χ1) is 12.0. The minimum Gasteiger partial charge on any atom is -0.477 e. The normalized spacial score (nSPS) is 10.5. The fraction of sp³-hybridized carbons (Fsp3) is 0.706. The number of nitrogens with zero attached hydrogens (tertiary/aromatic N) is 2. The average Bonchev–Trinajstić information content (AvgIpc) is 2.96. The van der Waals surface area contributed by atoms with Gasteiger partial charge in [0.05, 0.1) is 6.61 Å². The Balaban J connectivity index is 2.39. The van der Waals surface area contributed by atoms with Gasteiger partial charge in [-0.15, -0.1) is 0 Å². The molecule has 2 N–H and O–H groups in total. The molecule has 1 aromatic rings. The lowest BCUT2D eigenvalue weighted by Gasteiger charge is -2.11. The van der Waals surface area contributed by atoms with Crippen LogP contribution in [0.4, 0.5) is 9.80 Å². The van der Waals surface area contributed by atoms with E-state index in [9.17, 15) is 14.7 Å². The van der Waals surface area contributed by atoms with Crippen molar-refractivity contribution in [2.24, 2.45) is 0 Å². The summed E-state index contributed by atoms with van der Waals surface area (Å²) in [7, 11) is 3.16. The number of ether oxygens (including phenoxy) is 1. The van der Waals surface area contributed by atoms with E-state index in [1.807, 2.05) is 0 Å². The van der Waals surface area contributed by atoms with Crippen LogP contribution in [0.1, 0.15) is 68.6 Å². The Labute approximate surface area is 153 Å². The third-order valence-electron chi connectivity index (χ3n) is 3.74. The number of aromatic carboxylic acids is 1. The maximum absolute atomic E-state index is 11.7. The number of hydrogen-bond donors (Lipinski definition) is 2. The summed E-state index contributed by atoms with van der Waals surface area (Å²) in [6.07, 6.45) is 9.46. The van der Waals surface area contributed by atoms with Crippen LogP contribution in [0.25, 0.3) is 0 Å². The van der Waals surface area contributed by atoms with Crippen LogP contribution in [-0.4, -0.2) is 47.1 Å². The van der Waals surface area contributed by atoms with Crippen molar-refractivity contribution in [2.75, 3.05) is 26.0 Å². The molecule has 0 aliphatic heterocycles. The van der Waals surface area contributed by atoms with E-state index in [-0.39, 0.29) is 16.4 Å². The maximum Gasteiger partial charge on any atom is 0.344 e. The van der Waals surface area contributed by atoms with Crippen molar-refractivity contribution in [3.8, 4) is 5.88 Å². The van der Waals surface area contributed by atoms with Gasteiger partial charge in [-0.2, -0.15) is 4.37 Å². The number of hydrogen-bond acceptors (Lipinski definition) is 5. The molecule has 25 heavy (non-hydrogen) atoms. The molecule has 2 amide bonds. The minimum atomic E-state index is -1.16. The van der Waals surface area contributed by atoms with Gasteiger partial charge in [0.15, 0.2) is 5.56 Å². The molecule has 0 aromatic carbocycles. The first kappa shape index (κ1) is 21.2. The summed E-state index contributed by atoms with van der Waals surface area (Å²) in [5.74, 6) is -1.08. The molecule has 8 heteroatoms. The number of nitrogens with one attached hydrogen (secondary N) is 1. The van der Waals surface area contributed by atoms with Crippen LogP contribution in [0, 0.1) is 0 Å². The molecule has 0 bridgehead atoms. The van der Waals surface area contributed by atoms with Crippen molar-refractivity contribution in [1.82, 2.24) is 9.27 Å². The van der Waals surface area contributed by atoms with Crippen LogP contribution < -0.4 is 10.1 Å². The van der Waals surface area contributed by atoms with Crippen LogP contribution in [0.15, 0.2) is 0 Å². The van der Waals surface area contributed by atoms with E-state index in [0.29, 0.717) is 6.61 Å². The fourth-order valence-electron chi connectivity index (χ4n) is 2.26. The van der Waals surface area contributed by atoms with Gasteiger partial charge < -0.3 is 14.7 Å². The van der Waals surface area contributed by atoms with E-state index in [1.165, 1.54) is 43.4 Å². The molecule has 1 heterocycles. The number of urea groups is 1. The molecule has 0 aliphatic rings. The number of unbranched alkanes of at least 4 members (excludes halogenated alkanes) is 7. The Kier molecular flexibility index (Phi) is 9.91. The molecule has 0 saturated carbocycles. The van der Waals surface area contributed by atoms with Gasteiger partial charge in [0.2, 0.25) is 5.88 Å². The molecular weight excluding hydrogens is 342 g/mol. The highest BCUT2D eigenvalue weighted by atomic mass is 32.1. The van der Waals surface area contributed by atoms with Gasteiger partial charge in [-0.25, -0.2) is 9.59 Å². The summed E-state index contributed by atoms with van der Waals surface area (Å²) in [5, 5.41) is 12.1. The molecule has 0 fully saturated rings. The van der Waals surface area contributed by atoms with E-state index in [0.717, 1.165) is 24.4 Å². The molecule has 7 nitrogen and oxygen atoms in total. The minimum absolute atomic E-state index is 0.0782. The summed E-state index contributed by atoms with van der Waals surface area (Å²) < 4.78 is 9.54. The third-order valence-corrected chi connectivity index (χ3v) is 4.48. The van der Waals surface area contributed by atoms with Gasteiger partial charge in [0.25, 0.3) is 0 Å². The summed E-state index contributed by atoms with van der Waals surface area (Å²) >= 11 is 0.915. The zero-order valence-electron chi connectivity index (χ0n) is 15.3. The van der Waals surface area contributed by atoms with Crippen LogP contribution in [0.2, 0.25) is 0 Å². The van der Waals surface area contributed by atoms with Crippen molar-refractivity contribution in [3.63, 3.8) is 0 Å². The number of rotatable bonds is 12. The molecule has 142 valence electrons. The van der Waals surface area contributed by atoms with Crippen LogP contribution in [0.5, 0.6) is 5.88 Å². The number of anilines is 1. The number of amides is 2. The van der Waals surface area contributed by atoms with Crippen molar-refractivity contribution < 1.29 is 19.4 Å². The van der Waals surface area contributed by atoms with Gasteiger partial charge in [0, 0.05) is 14.1 Å². The first-order valence-electron chi connectivity index (χ1n) is 8.81. The lowest BCUT2D eigenvalue weighted by Crippen LogP contribution is -2.27. The van der Waals surface area contributed by atoms with Crippen LogP contribution in [-0.2, 0) is 0 Å². The van der Waals surface area contributed by atoms with E-state index in [1.54, 1.807) is 14.1 Å². The predicted molar refractivity (Wildman–Crippen MR) is 99.9 cm³/mol. The summed E-state index contributed by atoms with van der Waals surface area (Å²) in [5.41, 5.74) is -0.0836. The Bertz CT molecular complexity index is 546. The second-order valence-corrected chi connectivity index (χ2v) is 6.92. The van der Waals surface area contributed by atoms with Crippen molar-refractivity contribution >= 4 is 28.5 Å². The van der Waals surface area contributed by atoms with E-state index in [2.05, 4.69) is 16.6 Å². The third kappa shape index (κ3) is 7.72. The quantitative estimate of drug-likeness (QED) is 0.529. The molecule has 0 atom stereocenters. The average molecular weight is 372 g/mol. The topological polar surface area (TPSA) is 91.8 Å². The Hall–Kier alpha value is -1.83. The molecule has 0 radical (unpaired) electrons. The summed E-state index contributed by atoms with van der Waals surface area (Å²) in [6, 6.07) is -0.402. The van der Waals surface area contributed by atoms with Crippen molar-refractivity contribution in [1.29, 1.82) is 0 Å².